The van der Waals surface area contributed by atoms with Crippen LogP contribution in [-0.2, 0) is 0 Å². The van der Waals surface area contributed by atoms with Crippen molar-refractivity contribution in [1.82, 2.24) is 5.43 Å². The number of ether oxygens (including phenoxy) is 1. The summed E-state index contributed by atoms with van der Waals surface area (Å²) in [6.07, 6.45) is 0. The second kappa shape index (κ2) is 6.62. The van der Waals surface area contributed by atoms with Crippen LogP contribution < -0.4 is 16.0 Å². The van der Waals surface area contributed by atoms with Crippen molar-refractivity contribution in [2.75, 3.05) is 7.11 Å². The summed E-state index contributed by atoms with van der Waals surface area (Å²) < 4.78 is 5.37. The molecule has 0 aromatic heterocycles. The number of ketones is 1. The lowest BCUT2D eigenvalue weighted by atomic mass is 9.95. The van der Waals surface area contributed by atoms with E-state index in [2.05, 4.69) is 5.43 Å². The lowest BCUT2D eigenvalue weighted by Gasteiger charge is -2.14. The van der Waals surface area contributed by atoms with Crippen LogP contribution in [0, 0.1) is 20.8 Å². The summed E-state index contributed by atoms with van der Waals surface area (Å²) >= 11 is 0. The number of hydrogen-bond donors (Lipinski definition) is 2. The Morgan fingerprint density at radius 1 is 1.00 bits per heavy atom. The van der Waals surface area contributed by atoms with Gasteiger partial charge in [0.2, 0.25) is 0 Å². The molecule has 0 aliphatic heterocycles. The molecule has 5 heteroatoms. The van der Waals surface area contributed by atoms with Crippen LogP contribution >= 0.6 is 0 Å². The van der Waals surface area contributed by atoms with E-state index >= 15 is 0 Å². The highest BCUT2D eigenvalue weighted by Crippen LogP contribution is 2.29. The minimum atomic E-state index is -0.425. The zero-order valence-corrected chi connectivity index (χ0v) is 13.7. The zero-order chi connectivity index (χ0) is 17.1. The molecule has 0 unspecified atom stereocenters. The monoisotopic (exact) mass is 312 g/mol. The normalized spacial score (nSPS) is 10.3. The summed E-state index contributed by atoms with van der Waals surface area (Å²) in [5.74, 6) is 5.00. The van der Waals surface area contributed by atoms with Gasteiger partial charge < -0.3 is 4.74 Å². The van der Waals surface area contributed by atoms with Gasteiger partial charge in [0.15, 0.2) is 5.78 Å². The maximum atomic E-state index is 12.8. The summed E-state index contributed by atoms with van der Waals surface area (Å²) in [6, 6.07) is 8.86. The Hall–Kier alpha value is -2.66. The third kappa shape index (κ3) is 3.24. The van der Waals surface area contributed by atoms with Crippen molar-refractivity contribution in [3.8, 4) is 5.75 Å². The maximum absolute atomic E-state index is 12.8. The maximum Gasteiger partial charge on any atom is 0.265 e. The summed E-state index contributed by atoms with van der Waals surface area (Å²) in [5.41, 5.74) is 6.09. The Labute approximate surface area is 135 Å². The Bertz CT molecular complexity index is 762. The number of nitrogens with one attached hydrogen (secondary N) is 1. The average Bonchev–Trinajstić information content (AvgIpc) is 2.52. The largest absolute Gasteiger partial charge is 0.496 e. The summed E-state index contributed by atoms with van der Waals surface area (Å²) in [7, 11) is 1.48. The molecular weight excluding hydrogens is 292 g/mol. The Morgan fingerprint density at radius 3 is 2.09 bits per heavy atom. The topological polar surface area (TPSA) is 81.4 Å². The minimum Gasteiger partial charge on any atom is -0.496 e. The van der Waals surface area contributed by atoms with E-state index in [-0.39, 0.29) is 5.78 Å². The number of nitrogens with two attached hydrogens (primary N) is 1. The van der Waals surface area contributed by atoms with E-state index in [1.54, 1.807) is 19.1 Å². The summed E-state index contributed by atoms with van der Waals surface area (Å²) in [4.78, 5) is 24.6. The van der Waals surface area contributed by atoms with Crippen LogP contribution in [0.3, 0.4) is 0 Å². The molecule has 0 atom stereocenters. The average molecular weight is 312 g/mol. The van der Waals surface area contributed by atoms with Crippen molar-refractivity contribution >= 4 is 11.7 Å². The van der Waals surface area contributed by atoms with Crippen molar-refractivity contribution in [1.29, 1.82) is 0 Å². The fraction of sp³-hybridized carbons (Fsp3) is 0.222. The lowest BCUT2D eigenvalue weighted by molar-refractivity contribution is 0.0950. The van der Waals surface area contributed by atoms with Gasteiger partial charge in [-0.3, -0.25) is 15.0 Å². The van der Waals surface area contributed by atoms with Gasteiger partial charge >= 0.3 is 0 Å². The molecule has 2 aromatic carbocycles. The second-order valence-corrected chi connectivity index (χ2v) is 5.50. The van der Waals surface area contributed by atoms with Crippen LogP contribution in [0.15, 0.2) is 30.3 Å². The van der Waals surface area contributed by atoms with Crippen LogP contribution in [0.5, 0.6) is 5.75 Å². The first-order valence-corrected chi connectivity index (χ1v) is 7.20. The van der Waals surface area contributed by atoms with E-state index in [0.717, 1.165) is 11.1 Å². The molecule has 0 heterocycles. The quantitative estimate of drug-likeness (QED) is 0.393. The predicted octanol–water partition coefficient (Wildman–Crippen LogP) is 2.45. The van der Waals surface area contributed by atoms with Crippen LogP contribution in [0.25, 0.3) is 0 Å². The van der Waals surface area contributed by atoms with Crippen molar-refractivity contribution in [3.63, 3.8) is 0 Å². The number of hydrazine groups is 1. The molecule has 5 nitrogen and oxygen atoms in total. The van der Waals surface area contributed by atoms with Crippen molar-refractivity contribution in [2.45, 2.75) is 20.8 Å². The smallest absolute Gasteiger partial charge is 0.265 e. The number of methoxy groups -OCH3 is 1. The van der Waals surface area contributed by atoms with Gasteiger partial charge in [-0.05, 0) is 45.0 Å². The van der Waals surface area contributed by atoms with Crippen LogP contribution in [0.1, 0.15) is 43.0 Å². The van der Waals surface area contributed by atoms with E-state index in [0.29, 0.717) is 28.0 Å². The highest BCUT2D eigenvalue weighted by atomic mass is 16.5. The van der Waals surface area contributed by atoms with Crippen LogP contribution in [0.4, 0.5) is 0 Å². The fourth-order valence-electron chi connectivity index (χ4n) is 2.72. The van der Waals surface area contributed by atoms with Gasteiger partial charge in [0.25, 0.3) is 5.91 Å². The SMILES string of the molecule is COc1c(C(=O)c2cc(C)cc(C)c2)ccc(C(=O)NN)c1C. The standard InChI is InChI=1S/C18H20N2O3/c1-10-7-11(2)9-13(8-10)16(21)15-6-5-14(18(22)20-19)12(3)17(15)23-4/h5-9H,19H2,1-4H3,(H,20,22). The molecule has 3 N–H and O–H groups in total. The molecule has 0 saturated heterocycles. The first-order chi connectivity index (χ1) is 10.9. The molecule has 23 heavy (non-hydrogen) atoms. The Kier molecular flexibility index (Phi) is 4.81. The number of rotatable bonds is 4. The summed E-state index contributed by atoms with van der Waals surface area (Å²) in [5, 5.41) is 0. The molecule has 0 aliphatic carbocycles. The number of amides is 1. The van der Waals surface area contributed by atoms with E-state index in [4.69, 9.17) is 10.6 Å². The highest BCUT2D eigenvalue weighted by molar-refractivity contribution is 6.12. The molecule has 0 radical (unpaired) electrons. The van der Waals surface area contributed by atoms with Gasteiger partial charge in [0.05, 0.1) is 12.7 Å². The van der Waals surface area contributed by atoms with Gasteiger partial charge in [-0.15, -0.1) is 0 Å². The number of benzene rings is 2. The van der Waals surface area contributed by atoms with Gasteiger partial charge in [-0.2, -0.15) is 0 Å². The van der Waals surface area contributed by atoms with E-state index < -0.39 is 5.91 Å². The highest BCUT2D eigenvalue weighted by Gasteiger charge is 2.20. The Balaban J connectivity index is 2.57. The first-order valence-electron chi connectivity index (χ1n) is 7.20. The molecular formula is C18H20N2O3. The molecule has 1 amide bonds. The number of aryl methyl sites for hydroxylation is 2. The van der Waals surface area contributed by atoms with Crippen molar-refractivity contribution in [3.05, 3.63) is 63.7 Å². The Morgan fingerprint density at radius 2 is 1.57 bits per heavy atom. The molecule has 0 spiro atoms. The second-order valence-electron chi connectivity index (χ2n) is 5.50. The molecule has 2 rings (SSSR count). The van der Waals surface area contributed by atoms with Gasteiger partial charge in [0.1, 0.15) is 5.75 Å². The number of nitrogen functional groups attached to an aromatic ring is 1. The van der Waals surface area contributed by atoms with E-state index in [1.165, 1.54) is 7.11 Å². The van der Waals surface area contributed by atoms with E-state index in [1.807, 2.05) is 32.0 Å². The predicted molar refractivity (Wildman–Crippen MR) is 88.7 cm³/mol. The third-order valence-corrected chi connectivity index (χ3v) is 3.71. The van der Waals surface area contributed by atoms with Crippen molar-refractivity contribution < 1.29 is 14.3 Å². The molecule has 0 fully saturated rings. The van der Waals surface area contributed by atoms with Gasteiger partial charge in [-0.1, -0.05) is 17.2 Å². The zero-order valence-electron chi connectivity index (χ0n) is 13.7. The lowest BCUT2D eigenvalue weighted by Crippen LogP contribution is -2.30. The fourth-order valence-corrected chi connectivity index (χ4v) is 2.72. The number of carbonyl (C=O) groups is 2. The molecule has 0 bridgehead atoms. The van der Waals surface area contributed by atoms with Crippen LogP contribution in [-0.4, -0.2) is 18.8 Å². The van der Waals surface area contributed by atoms with Gasteiger partial charge in [-0.25, -0.2) is 5.84 Å². The first kappa shape index (κ1) is 16.7. The molecule has 0 aliphatic rings. The third-order valence-electron chi connectivity index (χ3n) is 3.71. The number of carbonyl (C=O) groups excluding carboxylic acids is 2. The van der Waals surface area contributed by atoms with Gasteiger partial charge in [0, 0.05) is 16.7 Å². The van der Waals surface area contributed by atoms with Crippen molar-refractivity contribution in [2.24, 2.45) is 5.84 Å². The van der Waals surface area contributed by atoms with E-state index in [9.17, 15) is 9.59 Å². The molecule has 120 valence electrons. The minimum absolute atomic E-state index is 0.142. The molecule has 0 saturated carbocycles. The summed E-state index contributed by atoms with van der Waals surface area (Å²) in [6.45, 7) is 5.61. The molecule has 2 aromatic rings. The van der Waals surface area contributed by atoms with Crippen LogP contribution in [0.2, 0.25) is 0 Å². The number of hydrogen-bond acceptors (Lipinski definition) is 4.